The first-order valence-corrected chi connectivity index (χ1v) is 26.9. The van der Waals surface area contributed by atoms with Gasteiger partial charge in [-0.25, -0.2) is 9.83 Å². The molecule has 0 radical (unpaired) electrons. The van der Waals surface area contributed by atoms with E-state index < -0.39 is 60.4 Å². The predicted molar refractivity (Wildman–Crippen MR) is 331 cm³/mol. The smallest absolute Gasteiger partial charge is 0.244 e. The van der Waals surface area contributed by atoms with E-state index >= 15 is 0 Å². The van der Waals surface area contributed by atoms with Gasteiger partial charge < -0.3 is 18.4 Å². The van der Waals surface area contributed by atoms with Gasteiger partial charge in [-0.05, 0) is 124 Å². The van der Waals surface area contributed by atoms with Gasteiger partial charge in [0.2, 0.25) is 6.33 Å². The summed E-state index contributed by atoms with van der Waals surface area (Å²) in [5.41, 5.74) is 11.8. The number of imidazole rings is 1. The average molecular weight is 1060 g/mol. The highest BCUT2D eigenvalue weighted by atomic mass is 16.5. The van der Waals surface area contributed by atoms with E-state index in [2.05, 4.69) is 144 Å². The minimum Gasteiger partial charge on any atom is -0.459 e. The van der Waals surface area contributed by atoms with Crippen LogP contribution in [0, 0.1) is 12.9 Å². The van der Waals surface area contributed by atoms with Gasteiger partial charge in [0.25, 0.3) is 0 Å². The molecular weight excluding hydrogens is 989 g/mol. The summed E-state index contributed by atoms with van der Waals surface area (Å²) in [6.07, 6.45) is 5.97. The van der Waals surface area contributed by atoms with Crippen molar-refractivity contribution >= 4 is 60.3 Å². The van der Waals surface area contributed by atoms with Gasteiger partial charge in [-0.15, -0.1) is 0 Å². The number of fused-ring (bicyclic) bond motifs is 7. The standard InChI is InChI=1S/C74H56N6O/c1-74(2,3)53-40-41-76-72(44-53)80-68-39-36-52(61-30-19-31-65-63-27-14-15-33-67(63)79(73(61)65)55-25-12-7-13-26-55)43-66(68)64-38-37-57(48-71(64)80)81-58-46-54(75-4)45-56(47-58)78-49-77(69-34-16-17-35-70(69)78)42-20-32-62-59(50-21-8-5-9-22-50)28-18-29-60(62)51-23-10-6-11-24-51/h5-19,21-31,33-41,43-48H,20,32,42H2,1-3H3/i5D,6D,8D,9D,10D,11D,21D,22D,23D,24D. The van der Waals surface area contributed by atoms with Crippen LogP contribution in [0.4, 0.5) is 5.69 Å². The van der Waals surface area contributed by atoms with Crippen LogP contribution in [0.5, 0.6) is 11.5 Å². The van der Waals surface area contributed by atoms with Gasteiger partial charge in [-0.3, -0.25) is 4.57 Å². The molecule has 0 bridgehead atoms. The summed E-state index contributed by atoms with van der Waals surface area (Å²) in [7, 11) is 0. The molecule has 0 spiro atoms. The second-order valence-corrected chi connectivity index (χ2v) is 21.2. The van der Waals surface area contributed by atoms with Gasteiger partial charge in [0, 0.05) is 50.7 Å². The Morgan fingerprint density at radius 1 is 0.556 bits per heavy atom. The predicted octanol–water partition coefficient (Wildman–Crippen LogP) is 18.6. The SMILES string of the molecule is [2H]c1c([2H])c([2H])c(-c2cccc(-c3c([2H])c([2H])c([2H])c([2H])c3[2H])c2CCC[n+]2[c-]n(-c3cc([N+]#[C-])cc(Oc4ccc5c6cc(-c7cccc8c9ccccc9n(-c9ccccc9)c78)ccc6n(-c6cc(C(C)(C)C)ccn6)c5c4)c3)c3ccccc32)c([2H])c1[2H]. The van der Waals surface area contributed by atoms with Crippen molar-refractivity contribution in [1.29, 1.82) is 0 Å². The number of rotatable bonds is 12. The van der Waals surface area contributed by atoms with Crippen LogP contribution < -0.4 is 9.30 Å². The zero-order chi connectivity index (χ0) is 63.3. The third kappa shape index (κ3) is 8.88. The molecular formula is C74H56N6O. The Morgan fingerprint density at radius 2 is 1.23 bits per heavy atom. The summed E-state index contributed by atoms with van der Waals surface area (Å²) in [5, 5.41) is 4.38. The molecule has 14 aromatic rings. The molecule has 0 saturated carbocycles. The molecule has 0 N–H and O–H groups in total. The normalized spacial score (nSPS) is 13.5. The number of benzene rings is 10. The van der Waals surface area contributed by atoms with E-state index in [0.717, 1.165) is 77.5 Å². The highest BCUT2D eigenvalue weighted by molar-refractivity contribution is 6.16. The fourth-order valence-electron chi connectivity index (χ4n) is 11.5. The number of hydrogen-bond acceptors (Lipinski definition) is 2. The third-order valence-electron chi connectivity index (χ3n) is 15.3. The minimum absolute atomic E-state index is 0.0582. The number of para-hydroxylation sites is 5. The summed E-state index contributed by atoms with van der Waals surface area (Å²) < 4.78 is 102. The Kier molecular flexibility index (Phi) is 9.75. The Balaban J connectivity index is 0.845. The fraction of sp³-hybridized carbons (Fsp3) is 0.0946. The monoisotopic (exact) mass is 1050 g/mol. The lowest BCUT2D eigenvalue weighted by atomic mass is 9.88. The maximum atomic E-state index is 8.95. The van der Waals surface area contributed by atoms with E-state index in [9.17, 15) is 0 Å². The largest absolute Gasteiger partial charge is 0.459 e. The van der Waals surface area contributed by atoms with Crippen LogP contribution in [-0.2, 0) is 18.4 Å². The summed E-state index contributed by atoms with van der Waals surface area (Å²) >= 11 is 0. The number of pyridine rings is 1. The van der Waals surface area contributed by atoms with Gasteiger partial charge in [-0.1, -0.05) is 190 Å². The van der Waals surface area contributed by atoms with Crippen LogP contribution in [-0.4, -0.2) is 18.7 Å². The molecule has 0 aliphatic heterocycles. The Bertz CT molecular complexity index is 5240. The number of hydrogen-bond donors (Lipinski definition) is 0. The van der Waals surface area contributed by atoms with Crippen molar-refractivity contribution in [2.75, 3.05) is 0 Å². The molecule has 388 valence electrons. The Morgan fingerprint density at radius 3 is 2.00 bits per heavy atom. The molecule has 14 rings (SSSR count). The number of nitrogens with zero attached hydrogens (tertiary/aromatic N) is 6. The molecule has 7 nitrogen and oxygen atoms in total. The minimum atomic E-state index is -0.548. The van der Waals surface area contributed by atoms with E-state index in [1.54, 1.807) is 30.3 Å². The first kappa shape index (κ1) is 39.1. The van der Waals surface area contributed by atoms with Crippen LogP contribution in [0.2, 0.25) is 0 Å². The highest BCUT2D eigenvalue weighted by Gasteiger charge is 2.22. The van der Waals surface area contributed by atoms with Gasteiger partial charge in [0.05, 0.1) is 59.9 Å². The van der Waals surface area contributed by atoms with Crippen molar-refractivity contribution < 1.29 is 23.0 Å². The molecule has 4 aromatic heterocycles. The van der Waals surface area contributed by atoms with Gasteiger partial charge in [0.1, 0.15) is 17.3 Å². The summed E-state index contributed by atoms with van der Waals surface area (Å²) in [6, 6.07) is 55.7. The van der Waals surface area contributed by atoms with Gasteiger partial charge >= 0.3 is 0 Å². The zero-order valence-corrected chi connectivity index (χ0v) is 44.6. The maximum Gasteiger partial charge on any atom is 0.244 e. The molecule has 0 fully saturated rings. The number of ether oxygens (including phenoxy) is 1. The van der Waals surface area contributed by atoms with E-state index in [1.165, 1.54) is 5.39 Å². The lowest BCUT2D eigenvalue weighted by Gasteiger charge is -2.20. The maximum absolute atomic E-state index is 8.95. The van der Waals surface area contributed by atoms with Crippen LogP contribution in [0.25, 0.3) is 110 Å². The molecule has 0 unspecified atom stereocenters. The van der Waals surface area contributed by atoms with E-state index in [1.807, 2.05) is 63.9 Å². The molecule has 0 amide bonds. The molecule has 0 aliphatic rings. The van der Waals surface area contributed by atoms with Crippen LogP contribution in [0.15, 0.2) is 249 Å². The first-order valence-electron chi connectivity index (χ1n) is 31.9. The molecule has 10 aromatic carbocycles. The van der Waals surface area contributed by atoms with Crippen molar-refractivity contribution in [3.05, 3.63) is 277 Å². The van der Waals surface area contributed by atoms with Crippen LogP contribution in [0.3, 0.4) is 0 Å². The second-order valence-electron chi connectivity index (χ2n) is 21.2. The van der Waals surface area contributed by atoms with Crippen molar-refractivity contribution in [3.63, 3.8) is 0 Å². The van der Waals surface area contributed by atoms with E-state index in [0.29, 0.717) is 41.4 Å². The molecule has 7 heteroatoms. The van der Waals surface area contributed by atoms with Crippen molar-refractivity contribution in [3.8, 4) is 62.1 Å². The van der Waals surface area contributed by atoms with Crippen LogP contribution >= 0.6 is 0 Å². The molecule has 4 heterocycles. The molecule has 0 atom stereocenters. The van der Waals surface area contributed by atoms with Crippen molar-refractivity contribution in [1.82, 2.24) is 18.7 Å². The van der Waals surface area contributed by atoms with E-state index in [4.69, 9.17) is 30.0 Å². The summed E-state index contributed by atoms with van der Waals surface area (Å²) in [4.78, 5) is 8.90. The van der Waals surface area contributed by atoms with Crippen molar-refractivity contribution in [2.24, 2.45) is 0 Å². The Hall–Kier alpha value is -10.3. The summed E-state index contributed by atoms with van der Waals surface area (Å²) in [5.74, 6) is 1.72. The van der Waals surface area contributed by atoms with Gasteiger partial charge in [-0.2, -0.15) is 0 Å². The lowest BCUT2D eigenvalue weighted by Crippen LogP contribution is -2.33. The highest BCUT2D eigenvalue weighted by Crippen LogP contribution is 2.43. The van der Waals surface area contributed by atoms with Gasteiger partial charge in [0.15, 0.2) is 5.69 Å². The molecule has 81 heavy (non-hydrogen) atoms. The lowest BCUT2D eigenvalue weighted by molar-refractivity contribution is -0.676. The Labute approximate surface area is 485 Å². The fourth-order valence-corrected chi connectivity index (χ4v) is 11.5. The zero-order valence-electron chi connectivity index (χ0n) is 54.6. The number of aryl methyl sites for hydroxylation is 1. The quantitative estimate of drug-likeness (QED) is 0.0904. The summed E-state index contributed by atoms with van der Waals surface area (Å²) in [6.45, 7) is 15.2. The topological polar surface area (TPSA) is 45.1 Å². The van der Waals surface area contributed by atoms with Crippen molar-refractivity contribution in [2.45, 2.75) is 45.6 Å². The second kappa shape index (κ2) is 20.2. The van der Waals surface area contributed by atoms with E-state index in [-0.39, 0.29) is 34.1 Å². The first-order chi connectivity index (χ1) is 43.9. The van der Waals surface area contributed by atoms with Crippen LogP contribution in [0.1, 0.15) is 52.0 Å². The third-order valence-corrected chi connectivity index (χ3v) is 15.3. The number of aromatic nitrogens is 5. The average Bonchev–Trinajstić information content (AvgIpc) is 1.26. The molecule has 0 aliphatic carbocycles. The molecule has 0 saturated heterocycles.